The molecular weight excluding hydrogens is 544 g/mol. The van der Waals surface area contributed by atoms with Crippen LogP contribution >= 0.6 is 0 Å². The Morgan fingerprint density at radius 2 is 1.64 bits per heavy atom. The number of nitrogens with one attached hydrogen (secondary N) is 2. The lowest BCUT2D eigenvalue weighted by Crippen LogP contribution is -2.69. The SMILES string of the molecule is C[C@@H]1OC[C@@H]2[C@@H]3C[C@@H]4N(CC[C@@]45c4ccccc4N[C@@H]25)[C@@H](/C=C/C2=CN4CC[C@]56c7ccccc7N[C@H]5[C@H](CO)[C@H]2C[C@H]46)[C@H]31. The predicted molar refractivity (Wildman–Crippen MR) is 171 cm³/mol. The van der Waals surface area contributed by atoms with Gasteiger partial charge in [-0.1, -0.05) is 48.6 Å². The quantitative estimate of drug-likeness (QED) is 0.482. The second-order valence-electron chi connectivity index (χ2n) is 15.8. The molecule has 2 saturated carbocycles. The van der Waals surface area contributed by atoms with Crippen LogP contribution in [0.4, 0.5) is 11.4 Å². The number of aliphatic hydroxyl groups is 1. The maximum Gasteiger partial charge on any atom is 0.0596 e. The third kappa shape index (κ3) is 2.79. The Labute approximate surface area is 260 Å². The lowest BCUT2D eigenvalue weighted by Gasteiger charge is -2.62. The van der Waals surface area contributed by atoms with Crippen LogP contribution in [-0.4, -0.2) is 77.5 Å². The van der Waals surface area contributed by atoms with Gasteiger partial charge in [0.15, 0.2) is 0 Å². The van der Waals surface area contributed by atoms with Gasteiger partial charge in [-0.3, -0.25) is 4.90 Å². The van der Waals surface area contributed by atoms with E-state index < -0.39 is 0 Å². The maximum atomic E-state index is 11.0. The van der Waals surface area contributed by atoms with Gasteiger partial charge in [-0.25, -0.2) is 0 Å². The van der Waals surface area contributed by atoms with Crippen molar-refractivity contribution in [2.45, 2.75) is 79.8 Å². The van der Waals surface area contributed by atoms with Crippen molar-refractivity contribution >= 4 is 11.4 Å². The molecule has 44 heavy (non-hydrogen) atoms. The van der Waals surface area contributed by atoms with Gasteiger partial charge < -0.3 is 25.4 Å². The Balaban J connectivity index is 0.980. The first-order valence-electron chi connectivity index (χ1n) is 17.5. The summed E-state index contributed by atoms with van der Waals surface area (Å²) in [7, 11) is 0. The van der Waals surface area contributed by atoms with Crippen LogP contribution in [0, 0.1) is 29.6 Å². The van der Waals surface area contributed by atoms with E-state index >= 15 is 0 Å². The molecule has 11 rings (SSSR count). The van der Waals surface area contributed by atoms with Crippen molar-refractivity contribution in [3.8, 4) is 0 Å². The van der Waals surface area contributed by atoms with Crippen LogP contribution in [0.5, 0.6) is 0 Å². The highest BCUT2D eigenvalue weighted by atomic mass is 16.5. The Hall–Kier alpha value is -2.80. The number of nitrogens with zero attached hydrogens (tertiary/aromatic N) is 2. The molecule has 0 aromatic heterocycles. The third-order valence-electron chi connectivity index (χ3n) is 14.8. The lowest BCUT2D eigenvalue weighted by atomic mass is 9.52. The zero-order valence-corrected chi connectivity index (χ0v) is 25.6. The van der Waals surface area contributed by atoms with Crippen molar-refractivity contribution in [3.05, 3.63) is 83.6 Å². The molecule has 2 aromatic rings. The van der Waals surface area contributed by atoms with Crippen LogP contribution in [0.2, 0.25) is 0 Å². The van der Waals surface area contributed by atoms with Gasteiger partial charge in [0.1, 0.15) is 0 Å². The summed E-state index contributed by atoms with van der Waals surface area (Å²) in [5.74, 6) is 2.38. The minimum atomic E-state index is 0.114. The predicted octanol–water partition coefficient (Wildman–Crippen LogP) is 4.73. The summed E-state index contributed by atoms with van der Waals surface area (Å²) in [4.78, 5) is 5.58. The van der Waals surface area contributed by atoms with Crippen molar-refractivity contribution in [1.29, 1.82) is 0 Å². The minimum Gasteiger partial charge on any atom is -0.396 e. The molecule has 6 heteroatoms. The van der Waals surface area contributed by atoms with Gasteiger partial charge in [0.25, 0.3) is 0 Å². The van der Waals surface area contributed by atoms with Gasteiger partial charge >= 0.3 is 0 Å². The van der Waals surface area contributed by atoms with E-state index in [2.05, 4.69) is 94.2 Å². The van der Waals surface area contributed by atoms with Crippen molar-refractivity contribution in [3.63, 3.8) is 0 Å². The number of para-hydroxylation sites is 2. The summed E-state index contributed by atoms with van der Waals surface area (Å²) in [5, 5.41) is 19.0. The molecule has 2 aromatic carbocycles. The summed E-state index contributed by atoms with van der Waals surface area (Å²) in [6, 6.07) is 20.4. The average molecular weight is 589 g/mol. The van der Waals surface area contributed by atoms with Crippen LogP contribution in [0.25, 0.3) is 0 Å². The van der Waals surface area contributed by atoms with Gasteiger partial charge in [0.05, 0.1) is 12.7 Å². The van der Waals surface area contributed by atoms with E-state index in [1.54, 1.807) is 5.56 Å². The number of rotatable bonds is 3. The fraction of sp³-hybridized carbons (Fsp3) is 0.579. The fourth-order valence-electron chi connectivity index (χ4n) is 13.3. The molecule has 2 aliphatic carbocycles. The molecule has 0 unspecified atom stereocenters. The number of fused-ring (bicyclic) bond motifs is 4. The lowest BCUT2D eigenvalue weighted by molar-refractivity contribution is -0.162. The van der Waals surface area contributed by atoms with Crippen molar-refractivity contribution in [2.75, 3.05) is 36.9 Å². The number of ether oxygens (including phenoxy) is 1. The highest BCUT2D eigenvalue weighted by Gasteiger charge is 2.69. The molecular formula is C38H44N4O2. The smallest absolute Gasteiger partial charge is 0.0596 e. The van der Waals surface area contributed by atoms with E-state index in [4.69, 9.17) is 4.74 Å². The largest absolute Gasteiger partial charge is 0.396 e. The number of allylic oxidation sites excluding steroid dienone is 2. The second kappa shape index (κ2) is 8.51. The van der Waals surface area contributed by atoms with Crippen LogP contribution in [0.15, 0.2) is 72.5 Å². The fourth-order valence-corrected chi connectivity index (χ4v) is 13.3. The topological polar surface area (TPSA) is 60.0 Å². The maximum absolute atomic E-state index is 11.0. The number of benzene rings is 2. The third-order valence-corrected chi connectivity index (χ3v) is 14.8. The average Bonchev–Trinajstić information content (AvgIpc) is 3.81. The molecule has 0 amide bonds. The first-order valence-corrected chi connectivity index (χ1v) is 17.5. The number of anilines is 2. The number of piperidine rings is 1. The molecule has 0 radical (unpaired) electrons. The highest BCUT2D eigenvalue weighted by molar-refractivity contribution is 5.66. The van der Waals surface area contributed by atoms with E-state index in [1.165, 1.54) is 41.8 Å². The Kier molecular flexibility index (Phi) is 4.91. The Morgan fingerprint density at radius 1 is 0.909 bits per heavy atom. The van der Waals surface area contributed by atoms with Gasteiger partial charge in [-0.2, -0.15) is 0 Å². The molecule has 4 saturated heterocycles. The molecule has 6 nitrogen and oxygen atoms in total. The molecule has 228 valence electrons. The van der Waals surface area contributed by atoms with Crippen LogP contribution in [0.3, 0.4) is 0 Å². The number of hydrogen-bond donors (Lipinski definition) is 3. The van der Waals surface area contributed by atoms with Gasteiger partial charge in [-0.05, 0) is 73.3 Å². The van der Waals surface area contributed by atoms with E-state index in [-0.39, 0.29) is 29.5 Å². The van der Waals surface area contributed by atoms with Crippen molar-refractivity contribution in [1.82, 2.24) is 9.80 Å². The second-order valence-corrected chi connectivity index (χ2v) is 15.8. The summed E-state index contributed by atoms with van der Waals surface area (Å²) in [6.45, 7) is 5.74. The highest BCUT2D eigenvalue weighted by Crippen LogP contribution is 2.65. The molecule has 3 N–H and O–H groups in total. The van der Waals surface area contributed by atoms with Crippen molar-refractivity contribution < 1.29 is 9.84 Å². The van der Waals surface area contributed by atoms with E-state index in [0.717, 1.165) is 26.1 Å². The molecule has 7 aliphatic heterocycles. The van der Waals surface area contributed by atoms with E-state index in [9.17, 15) is 5.11 Å². The van der Waals surface area contributed by atoms with Crippen LogP contribution in [0.1, 0.15) is 43.7 Å². The molecule has 7 heterocycles. The van der Waals surface area contributed by atoms with Gasteiger partial charge in [-0.15, -0.1) is 0 Å². The van der Waals surface area contributed by atoms with E-state index in [1.807, 2.05) is 0 Å². The van der Waals surface area contributed by atoms with Gasteiger partial charge in [0.2, 0.25) is 0 Å². The first kappa shape index (κ1) is 25.4. The molecule has 2 spiro atoms. The zero-order chi connectivity index (χ0) is 28.9. The standard InChI is InChI=1S/C38H44N4O2/c1-21-34-24-17-33-38(28-7-3-5-9-30(28)40-36(38)26(24)20-44-21)13-15-42(33)31(34)11-10-22-18-41-14-12-37-27-6-2-4-8-29(27)39-35(37)25(19-43)23(22)16-32(37)41/h2-11,18,21,23-26,31-36,39-40,43H,12-17,19-20H2,1H3/b11-10+/t21-,23-,24-,25+,26+,31-,32-,33-,34-,35-,36-,37+,38+/m0/s1. The summed E-state index contributed by atoms with van der Waals surface area (Å²) in [6.07, 6.45) is 12.8. The van der Waals surface area contributed by atoms with Crippen molar-refractivity contribution in [2.24, 2.45) is 29.6 Å². The normalized spacial score (nSPS) is 48.3. The monoisotopic (exact) mass is 588 g/mol. The Bertz CT molecular complexity index is 1620. The molecule has 9 aliphatic rings. The first-order chi connectivity index (χ1) is 21.6. The zero-order valence-electron chi connectivity index (χ0n) is 25.6. The summed E-state index contributed by atoms with van der Waals surface area (Å²) < 4.78 is 6.68. The Morgan fingerprint density at radius 3 is 2.43 bits per heavy atom. The molecule has 13 atom stereocenters. The summed E-state index contributed by atoms with van der Waals surface area (Å²) >= 11 is 0. The molecule has 6 fully saturated rings. The van der Waals surface area contributed by atoms with Crippen LogP contribution < -0.4 is 10.6 Å². The van der Waals surface area contributed by atoms with Gasteiger partial charge in [0, 0.05) is 96.1 Å². The van der Waals surface area contributed by atoms with Crippen LogP contribution in [-0.2, 0) is 15.6 Å². The number of aliphatic hydroxyl groups excluding tert-OH is 1. The summed E-state index contributed by atoms with van der Waals surface area (Å²) in [5.41, 5.74) is 7.46. The number of hydrogen-bond acceptors (Lipinski definition) is 6. The molecule has 4 bridgehead atoms. The minimum absolute atomic E-state index is 0.114. The van der Waals surface area contributed by atoms with E-state index in [0.29, 0.717) is 53.9 Å².